The Morgan fingerprint density at radius 1 is 1.25 bits per heavy atom. The fraction of sp³-hybridized carbons (Fsp3) is 0.400. The Kier molecular flexibility index (Phi) is 1.77. The van der Waals surface area contributed by atoms with Crippen molar-refractivity contribution < 1.29 is 9.47 Å². The van der Waals surface area contributed by atoms with E-state index in [-0.39, 0.29) is 0 Å². The van der Waals surface area contributed by atoms with Crippen LogP contribution in [0.15, 0.2) is 24.3 Å². The van der Waals surface area contributed by atoms with Crippen molar-refractivity contribution in [2.75, 3.05) is 7.11 Å². The summed E-state index contributed by atoms with van der Waals surface area (Å²) in [6.45, 7) is 2.08. The molecule has 0 aliphatic carbocycles. The van der Waals surface area contributed by atoms with Crippen molar-refractivity contribution in [1.82, 2.24) is 0 Å². The molecular weight excluding hydrogens is 152 g/mol. The van der Waals surface area contributed by atoms with E-state index in [0.717, 1.165) is 5.75 Å². The molecular formula is C10H12O2. The van der Waals surface area contributed by atoms with E-state index in [1.54, 1.807) is 7.11 Å². The lowest BCUT2D eigenvalue weighted by Gasteiger charge is -1.99. The van der Waals surface area contributed by atoms with Crippen LogP contribution in [0.4, 0.5) is 0 Å². The highest BCUT2D eigenvalue weighted by Crippen LogP contribution is 2.38. The van der Waals surface area contributed by atoms with Crippen LogP contribution in [0.5, 0.6) is 5.75 Å². The molecule has 0 radical (unpaired) electrons. The van der Waals surface area contributed by atoms with Crippen molar-refractivity contribution in [3.05, 3.63) is 29.8 Å². The van der Waals surface area contributed by atoms with Crippen LogP contribution in [0.2, 0.25) is 0 Å². The summed E-state index contributed by atoms with van der Waals surface area (Å²) in [5.74, 6) is 0.895. The lowest BCUT2D eigenvalue weighted by atomic mass is 10.1. The van der Waals surface area contributed by atoms with E-state index >= 15 is 0 Å². The number of methoxy groups -OCH3 is 1. The van der Waals surface area contributed by atoms with Gasteiger partial charge < -0.3 is 9.47 Å². The number of epoxide rings is 1. The Morgan fingerprint density at radius 2 is 1.83 bits per heavy atom. The van der Waals surface area contributed by atoms with Crippen LogP contribution in [-0.4, -0.2) is 13.2 Å². The summed E-state index contributed by atoms with van der Waals surface area (Å²) in [6, 6.07) is 8.02. The number of rotatable bonds is 2. The highest BCUT2D eigenvalue weighted by molar-refractivity contribution is 5.30. The fourth-order valence-electron chi connectivity index (χ4n) is 1.33. The van der Waals surface area contributed by atoms with Gasteiger partial charge in [0.1, 0.15) is 11.9 Å². The third-order valence-corrected chi connectivity index (χ3v) is 2.16. The number of benzene rings is 1. The SMILES string of the molecule is COc1ccc([C@H]2O[C@@H]2C)cc1. The van der Waals surface area contributed by atoms with Crippen molar-refractivity contribution in [2.45, 2.75) is 19.1 Å². The first-order valence-electron chi connectivity index (χ1n) is 4.10. The quantitative estimate of drug-likeness (QED) is 0.625. The smallest absolute Gasteiger partial charge is 0.118 e. The van der Waals surface area contributed by atoms with Gasteiger partial charge in [-0.05, 0) is 24.6 Å². The van der Waals surface area contributed by atoms with Gasteiger partial charge >= 0.3 is 0 Å². The second kappa shape index (κ2) is 2.79. The summed E-state index contributed by atoms with van der Waals surface area (Å²) in [7, 11) is 1.67. The zero-order valence-corrected chi connectivity index (χ0v) is 7.28. The first-order chi connectivity index (χ1) is 5.81. The van der Waals surface area contributed by atoms with Gasteiger partial charge in [0.25, 0.3) is 0 Å². The van der Waals surface area contributed by atoms with Crippen LogP contribution in [0, 0.1) is 0 Å². The number of ether oxygens (including phenoxy) is 2. The van der Waals surface area contributed by atoms with Gasteiger partial charge in [0.05, 0.1) is 13.2 Å². The number of hydrogen-bond donors (Lipinski definition) is 0. The Labute approximate surface area is 72.1 Å². The van der Waals surface area contributed by atoms with E-state index in [2.05, 4.69) is 6.92 Å². The molecule has 1 aliphatic heterocycles. The van der Waals surface area contributed by atoms with E-state index in [1.807, 2.05) is 24.3 Å². The summed E-state index contributed by atoms with van der Waals surface area (Å²) in [4.78, 5) is 0. The summed E-state index contributed by atoms with van der Waals surface area (Å²) >= 11 is 0. The molecule has 1 aromatic rings. The largest absolute Gasteiger partial charge is 0.497 e. The molecule has 0 amide bonds. The van der Waals surface area contributed by atoms with Crippen LogP contribution in [-0.2, 0) is 4.74 Å². The summed E-state index contributed by atoms with van der Waals surface area (Å²) in [6.07, 6.45) is 0.703. The zero-order chi connectivity index (χ0) is 8.55. The molecule has 0 aromatic heterocycles. The number of hydrogen-bond acceptors (Lipinski definition) is 2. The highest BCUT2D eigenvalue weighted by Gasteiger charge is 2.35. The average molecular weight is 164 g/mol. The van der Waals surface area contributed by atoms with Crippen LogP contribution in [0.25, 0.3) is 0 Å². The predicted molar refractivity (Wildman–Crippen MR) is 46.3 cm³/mol. The molecule has 1 fully saturated rings. The molecule has 1 aromatic carbocycles. The third-order valence-electron chi connectivity index (χ3n) is 2.16. The highest BCUT2D eigenvalue weighted by atomic mass is 16.6. The standard InChI is InChI=1S/C10H12O2/c1-7-10(12-7)8-3-5-9(11-2)6-4-8/h3-7,10H,1-2H3/t7-,10+/m1/s1. The van der Waals surface area contributed by atoms with Crippen LogP contribution in [0.1, 0.15) is 18.6 Å². The van der Waals surface area contributed by atoms with Gasteiger partial charge in [0, 0.05) is 0 Å². The van der Waals surface area contributed by atoms with Crippen molar-refractivity contribution in [2.24, 2.45) is 0 Å². The molecule has 2 nitrogen and oxygen atoms in total. The molecule has 1 heterocycles. The normalized spacial score (nSPS) is 26.8. The molecule has 0 spiro atoms. The van der Waals surface area contributed by atoms with Gasteiger partial charge in [-0.3, -0.25) is 0 Å². The molecule has 0 N–H and O–H groups in total. The lowest BCUT2D eigenvalue weighted by Crippen LogP contribution is -1.85. The molecule has 1 saturated heterocycles. The molecule has 2 atom stereocenters. The second-order valence-electron chi connectivity index (χ2n) is 3.03. The first kappa shape index (κ1) is 7.62. The van der Waals surface area contributed by atoms with Gasteiger partial charge in [0.2, 0.25) is 0 Å². The molecule has 0 bridgehead atoms. The van der Waals surface area contributed by atoms with E-state index in [4.69, 9.17) is 9.47 Å². The van der Waals surface area contributed by atoms with E-state index in [0.29, 0.717) is 12.2 Å². The lowest BCUT2D eigenvalue weighted by molar-refractivity contribution is 0.382. The monoisotopic (exact) mass is 164 g/mol. The van der Waals surface area contributed by atoms with E-state index in [1.165, 1.54) is 5.56 Å². The maximum Gasteiger partial charge on any atom is 0.118 e. The topological polar surface area (TPSA) is 21.8 Å². The molecule has 2 heteroatoms. The molecule has 64 valence electrons. The van der Waals surface area contributed by atoms with Crippen molar-refractivity contribution in [3.63, 3.8) is 0 Å². The summed E-state index contributed by atoms with van der Waals surface area (Å²) < 4.78 is 10.4. The van der Waals surface area contributed by atoms with Gasteiger partial charge in [0.15, 0.2) is 0 Å². The Morgan fingerprint density at radius 3 is 2.25 bits per heavy atom. The zero-order valence-electron chi connectivity index (χ0n) is 7.28. The minimum absolute atomic E-state index is 0.316. The van der Waals surface area contributed by atoms with Crippen molar-refractivity contribution >= 4 is 0 Å². The molecule has 2 rings (SSSR count). The third kappa shape index (κ3) is 1.30. The van der Waals surface area contributed by atoms with E-state index in [9.17, 15) is 0 Å². The summed E-state index contributed by atoms with van der Waals surface area (Å²) in [5.41, 5.74) is 1.24. The van der Waals surface area contributed by atoms with E-state index < -0.39 is 0 Å². The minimum atomic E-state index is 0.316. The van der Waals surface area contributed by atoms with Crippen molar-refractivity contribution in [3.8, 4) is 5.75 Å². The minimum Gasteiger partial charge on any atom is -0.497 e. The Hall–Kier alpha value is -1.02. The maximum absolute atomic E-state index is 5.34. The summed E-state index contributed by atoms with van der Waals surface area (Å²) in [5, 5.41) is 0. The maximum atomic E-state index is 5.34. The molecule has 0 unspecified atom stereocenters. The first-order valence-corrected chi connectivity index (χ1v) is 4.10. The molecule has 0 saturated carbocycles. The average Bonchev–Trinajstić information content (AvgIpc) is 2.83. The predicted octanol–water partition coefficient (Wildman–Crippen LogP) is 2.16. The molecule has 1 aliphatic rings. The van der Waals surface area contributed by atoms with Crippen LogP contribution >= 0.6 is 0 Å². The van der Waals surface area contributed by atoms with Crippen LogP contribution < -0.4 is 4.74 Å². The van der Waals surface area contributed by atoms with Crippen LogP contribution in [0.3, 0.4) is 0 Å². The van der Waals surface area contributed by atoms with Crippen molar-refractivity contribution in [1.29, 1.82) is 0 Å². The fourth-order valence-corrected chi connectivity index (χ4v) is 1.33. The molecule has 12 heavy (non-hydrogen) atoms. The van der Waals surface area contributed by atoms with Gasteiger partial charge in [-0.2, -0.15) is 0 Å². The van der Waals surface area contributed by atoms with Gasteiger partial charge in [-0.1, -0.05) is 12.1 Å². The van der Waals surface area contributed by atoms with Gasteiger partial charge in [-0.25, -0.2) is 0 Å². The van der Waals surface area contributed by atoms with Gasteiger partial charge in [-0.15, -0.1) is 0 Å². The Bertz CT molecular complexity index is 266. The second-order valence-corrected chi connectivity index (χ2v) is 3.03. The Balaban J connectivity index is 2.14.